The number of aromatic nitrogens is 1. The summed E-state index contributed by atoms with van der Waals surface area (Å²) in [6.45, 7) is 0. The molecule has 0 aliphatic carbocycles. The van der Waals surface area contributed by atoms with E-state index in [-0.39, 0.29) is 5.91 Å². The summed E-state index contributed by atoms with van der Waals surface area (Å²) in [4.78, 5) is 17.9. The number of thiophene rings is 1. The molecular formula is C16H11N3OS2. The third kappa shape index (κ3) is 3.39. The van der Waals surface area contributed by atoms with Gasteiger partial charge in [-0.25, -0.2) is 4.98 Å². The van der Waals surface area contributed by atoms with E-state index in [0.717, 1.165) is 16.9 Å². The molecule has 0 spiro atoms. The van der Waals surface area contributed by atoms with Crippen LogP contribution in [0.4, 0.5) is 5.13 Å². The minimum Gasteiger partial charge on any atom is -0.297 e. The van der Waals surface area contributed by atoms with E-state index in [0.29, 0.717) is 15.6 Å². The molecule has 0 saturated carbocycles. The Kier molecular flexibility index (Phi) is 4.28. The maximum Gasteiger partial charge on any atom is 0.267 e. The molecule has 0 saturated heterocycles. The van der Waals surface area contributed by atoms with Gasteiger partial charge in [0.05, 0.1) is 16.5 Å². The maximum atomic E-state index is 11.9. The van der Waals surface area contributed by atoms with Gasteiger partial charge in [-0.2, -0.15) is 5.26 Å². The number of thiazole rings is 1. The van der Waals surface area contributed by atoms with Crippen molar-refractivity contribution in [2.75, 3.05) is 5.32 Å². The highest BCUT2D eigenvalue weighted by Gasteiger charge is 2.10. The third-order valence-electron chi connectivity index (χ3n) is 2.98. The van der Waals surface area contributed by atoms with E-state index < -0.39 is 0 Å². The average molecular weight is 325 g/mol. The van der Waals surface area contributed by atoms with Crippen LogP contribution >= 0.6 is 22.7 Å². The number of nitrogens with zero attached hydrogens (tertiary/aromatic N) is 2. The molecule has 1 aromatic carbocycles. The van der Waals surface area contributed by atoms with Gasteiger partial charge in [0.1, 0.15) is 0 Å². The Labute approximate surface area is 135 Å². The fourth-order valence-electron chi connectivity index (χ4n) is 1.91. The first-order valence-corrected chi connectivity index (χ1v) is 8.23. The number of rotatable bonds is 4. The van der Waals surface area contributed by atoms with Gasteiger partial charge in [-0.3, -0.25) is 10.1 Å². The quantitative estimate of drug-likeness (QED) is 0.790. The molecular weight excluding hydrogens is 314 g/mol. The van der Waals surface area contributed by atoms with E-state index in [1.165, 1.54) is 22.7 Å². The van der Waals surface area contributed by atoms with Gasteiger partial charge in [-0.1, -0.05) is 18.2 Å². The van der Waals surface area contributed by atoms with Crippen molar-refractivity contribution in [2.45, 2.75) is 6.42 Å². The van der Waals surface area contributed by atoms with Crippen molar-refractivity contribution in [1.29, 1.82) is 5.26 Å². The molecule has 3 aromatic rings. The van der Waals surface area contributed by atoms with E-state index in [4.69, 9.17) is 5.26 Å². The molecule has 0 bridgehead atoms. The van der Waals surface area contributed by atoms with E-state index in [9.17, 15) is 4.79 Å². The standard InChI is InChI=1S/C16H11N3OS2/c17-9-12-5-3-11(4-6-12)8-13-10-18-16(22-13)19-15(20)14-2-1-7-21-14/h1-7,10H,8H2,(H,18,19,20). The minimum absolute atomic E-state index is 0.130. The first-order chi connectivity index (χ1) is 10.7. The van der Waals surface area contributed by atoms with Gasteiger partial charge >= 0.3 is 0 Å². The third-order valence-corrected chi connectivity index (χ3v) is 4.76. The number of anilines is 1. The van der Waals surface area contributed by atoms with Gasteiger partial charge in [0.15, 0.2) is 5.13 Å². The Morgan fingerprint density at radius 3 is 2.77 bits per heavy atom. The smallest absolute Gasteiger partial charge is 0.267 e. The first kappa shape index (κ1) is 14.4. The molecule has 22 heavy (non-hydrogen) atoms. The summed E-state index contributed by atoms with van der Waals surface area (Å²) >= 11 is 2.86. The number of hydrogen-bond donors (Lipinski definition) is 1. The monoisotopic (exact) mass is 325 g/mol. The molecule has 0 aliphatic rings. The Morgan fingerprint density at radius 1 is 1.27 bits per heavy atom. The molecule has 4 nitrogen and oxygen atoms in total. The molecule has 6 heteroatoms. The summed E-state index contributed by atoms with van der Waals surface area (Å²) in [6, 6.07) is 13.2. The summed E-state index contributed by atoms with van der Waals surface area (Å²) in [5.74, 6) is -0.130. The molecule has 0 fully saturated rings. The number of carbonyl (C=O) groups excluding carboxylic acids is 1. The van der Waals surface area contributed by atoms with Crippen molar-refractivity contribution in [3.05, 3.63) is 68.9 Å². The normalized spacial score (nSPS) is 10.1. The van der Waals surface area contributed by atoms with Crippen LogP contribution in [0.3, 0.4) is 0 Å². The van der Waals surface area contributed by atoms with Crippen LogP contribution in [-0.2, 0) is 6.42 Å². The van der Waals surface area contributed by atoms with Gasteiger partial charge in [0.2, 0.25) is 0 Å². The lowest BCUT2D eigenvalue weighted by Gasteiger charge is -1.99. The van der Waals surface area contributed by atoms with Crippen molar-refractivity contribution in [2.24, 2.45) is 0 Å². The van der Waals surface area contributed by atoms with Crippen molar-refractivity contribution in [1.82, 2.24) is 4.98 Å². The summed E-state index contributed by atoms with van der Waals surface area (Å²) in [5.41, 5.74) is 1.76. The van der Waals surface area contributed by atoms with Crippen LogP contribution in [-0.4, -0.2) is 10.9 Å². The molecule has 1 N–H and O–H groups in total. The van der Waals surface area contributed by atoms with Crippen LogP contribution < -0.4 is 5.32 Å². The second-order valence-electron chi connectivity index (χ2n) is 4.55. The van der Waals surface area contributed by atoms with Crippen LogP contribution in [0.5, 0.6) is 0 Å². The number of nitriles is 1. The molecule has 0 unspecified atom stereocenters. The van der Waals surface area contributed by atoms with Crippen LogP contribution in [0, 0.1) is 11.3 Å². The summed E-state index contributed by atoms with van der Waals surface area (Å²) < 4.78 is 0. The van der Waals surface area contributed by atoms with Gasteiger partial charge in [-0.15, -0.1) is 22.7 Å². The Hall–Kier alpha value is -2.49. The van der Waals surface area contributed by atoms with Crippen LogP contribution in [0.2, 0.25) is 0 Å². The lowest BCUT2D eigenvalue weighted by Crippen LogP contribution is -2.09. The molecule has 0 radical (unpaired) electrons. The van der Waals surface area contributed by atoms with Crippen LogP contribution in [0.1, 0.15) is 25.7 Å². The van der Waals surface area contributed by atoms with Crippen molar-refractivity contribution < 1.29 is 4.79 Å². The topological polar surface area (TPSA) is 65.8 Å². The van der Waals surface area contributed by atoms with Gasteiger partial charge < -0.3 is 0 Å². The molecule has 0 atom stereocenters. The molecule has 2 heterocycles. The zero-order chi connectivity index (χ0) is 15.4. The predicted molar refractivity (Wildman–Crippen MR) is 88.3 cm³/mol. The molecule has 1 amide bonds. The number of amides is 1. The highest BCUT2D eigenvalue weighted by molar-refractivity contribution is 7.16. The number of carbonyl (C=O) groups is 1. The van der Waals surface area contributed by atoms with E-state index in [1.54, 1.807) is 24.4 Å². The Morgan fingerprint density at radius 2 is 2.09 bits per heavy atom. The molecule has 0 aliphatic heterocycles. The van der Waals surface area contributed by atoms with E-state index >= 15 is 0 Å². The van der Waals surface area contributed by atoms with Crippen LogP contribution in [0.25, 0.3) is 0 Å². The van der Waals surface area contributed by atoms with E-state index in [1.807, 2.05) is 23.6 Å². The highest BCUT2D eigenvalue weighted by Crippen LogP contribution is 2.22. The predicted octanol–water partition coefficient (Wildman–Crippen LogP) is 3.92. The summed E-state index contributed by atoms with van der Waals surface area (Å²) in [5, 5.41) is 14.1. The summed E-state index contributed by atoms with van der Waals surface area (Å²) in [7, 11) is 0. The second-order valence-corrected chi connectivity index (χ2v) is 6.61. The van der Waals surface area contributed by atoms with Crippen molar-refractivity contribution in [3.8, 4) is 6.07 Å². The van der Waals surface area contributed by atoms with Crippen LogP contribution in [0.15, 0.2) is 48.0 Å². The molecule has 2 aromatic heterocycles. The largest absolute Gasteiger partial charge is 0.297 e. The Bertz CT molecular complexity index is 814. The number of nitrogens with one attached hydrogen (secondary N) is 1. The van der Waals surface area contributed by atoms with Gasteiger partial charge in [-0.05, 0) is 29.1 Å². The van der Waals surface area contributed by atoms with Crippen molar-refractivity contribution >= 4 is 33.7 Å². The SMILES string of the molecule is N#Cc1ccc(Cc2cnc(NC(=O)c3cccs3)s2)cc1. The Balaban J connectivity index is 1.66. The lowest BCUT2D eigenvalue weighted by atomic mass is 10.1. The number of hydrogen-bond acceptors (Lipinski definition) is 5. The average Bonchev–Trinajstić information content (AvgIpc) is 3.20. The zero-order valence-corrected chi connectivity index (χ0v) is 13.1. The lowest BCUT2D eigenvalue weighted by molar-refractivity contribution is 0.103. The molecule has 3 rings (SSSR count). The second kappa shape index (κ2) is 6.52. The van der Waals surface area contributed by atoms with Gasteiger partial charge in [0, 0.05) is 17.5 Å². The first-order valence-electron chi connectivity index (χ1n) is 6.53. The van der Waals surface area contributed by atoms with Crippen molar-refractivity contribution in [3.63, 3.8) is 0 Å². The summed E-state index contributed by atoms with van der Waals surface area (Å²) in [6.07, 6.45) is 2.51. The van der Waals surface area contributed by atoms with Gasteiger partial charge in [0.25, 0.3) is 5.91 Å². The maximum absolute atomic E-state index is 11.9. The fourth-order valence-corrected chi connectivity index (χ4v) is 3.37. The zero-order valence-electron chi connectivity index (χ0n) is 11.4. The fraction of sp³-hybridized carbons (Fsp3) is 0.0625. The molecule has 108 valence electrons. The van der Waals surface area contributed by atoms with E-state index in [2.05, 4.69) is 16.4 Å². The highest BCUT2D eigenvalue weighted by atomic mass is 32.1. The minimum atomic E-state index is -0.130. The number of benzene rings is 1.